The van der Waals surface area contributed by atoms with Crippen LogP contribution in [0.1, 0.15) is 12.5 Å². The Hall–Kier alpha value is -0.990. The lowest BCUT2D eigenvalue weighted by molar-refractivity contribution is -0.111. The van der Waals surface area contributed by atoms with Crippen LogP contribution < -0.4 is 5.32 Å². The molecule has 80 valence electrons. The predicted octanol–water partition coefficient (Wildman–Crippen LogP) is 3.82. The van der Waals surface area contributed by atoms with E-state index in [0.717, 1.165) is 5.56 Å². The Morgan fingerprint density at radius 3 is 2.33 bits per heavy atom. The smallest absolute Gasteiger partial charge is 0.248 e. The minimum absolute atomic E-state index is 0.200. The Morgan fingerprint density at radius 1 is 1.33 bits per heavy atom. The van der Waals surface area contributed by atoms with Gasteiger partial charge in [0.15, 0.2) is 0 Å². The fourth-order valence-electron chi connectivity index (χ4n) is 1.05. The second-order valence-electron chi connectivity index (χ2n) is 3.05. The fraction of sp³-hybridized carbons (Fsp3) is 0.182. The molecule has 0 fully saturated rings. The largest absolute Gasteiger partial charge is 0.322 e. The molecule has 0 atom stereocenters. The first kappa shape index (κ1) is 12.1. The second-order valence-corrected chi connectivity index (χ2v) is 3.87. The monoisotopic (exact) mass is 243 g/mol. The molecule has 1 amide bonds. The van der Waals surface area contributed by atoms with Gasteiger partial charge in [-0.05, 0) is 37.6 Å². The highest BCUT2D eigenvalue weighted by Gasteiger charge is 2.05. The van der Waals surface area contributed by atoms with Crippen molar-refractivity contribution in [3.8, 4) is 0 Å². The average Bonchev–Trinajstić information content (AvgIpc) is 2.14. The maximum absolute atomic E-state index is 11.2. The number of hydrogen-bond acceptors (Lipinski definition) is 1. The van der Waals surface area contributed by atoms with Gasteiger partial charge in [-0.2, -0.15) is 0 Å². The van der Waals surface area contributed by atoms with Gasteiger partial charge in [0.25, 0.3) is 0 Å². The summed E-state index contributed by atoms with van der Waals surface area (Å²) in [5, 5.41) is 3.74. The molecule has 0 unspecified atom stereocenters. The normalized spacial score (nSPS) is 10.7. The molecular formula is C11H11Cl2NO. The van der Waals surface area contributed by atoms with E-state index in [0.29, 0.717) is 15.7 Å². The number of rotatable bonds is 2. The zero-order chi connectivity index (χ0) is 11.4. The van der Waals surface area contributed by atoms with Crippen molar-refractivity contribution in [2.24, 2.45) is 0 Å². The van der Waals surface area contributed by atoms with E-state index in [9.17, 15) is 4.79 Å². The Balaban J connectivity index is 2.92. The molecule has 0 aromatic heterocycles. The predicted molar refractivity (Wildman–Crippen MR) is 64.6 cm³/mol. The highest BCUT2D eigenvalue weighted by molar-refractivity contribution is 6.36. The van der Waals surface area contributed by atoms with Crippen molar-refractivity contribution in [2.75, 3.05) is 5.32 Å². The molecule has 0 radical (unpaired) electrons. The number of carbonyl (C=O) groups excluding carboxylic acids is 1. The first-order chi connectivity index (χ1) is 7.04. The molecule has 1 aromatic rings. The summed E-state index contributed by atoms with van der Waals surface area (Å²) in [4.78, 5) is 11.2. The molecule has 1 aromatic carbocycles. The summed E-state index contributed by atoms with van der Waals surface area (Å²) < 4.78 is 0. The molecule has 0 heterocycles. The molecule has 0 aliphatic rings. The molecule has 0 aliphatic carbocycles. The second kappa shape index (κ2) is 5.19. The standard InChI is InChI=1S/C11H11Cl2NO/c1-3-4-11(15)14-8-5-9(12)7(2)10(13)6-8/h3-6H,1-2H3,(H,14,15)/b4-3+. The summed E-state index contributed by atoms with van der Waals surface area (Å²) in [5.74, 6) is -0.200. The van der Waals surface area contributed by atoms with Crippen molar-refractivity contribution in [3.63, 3.8) is 0 Å². The van der Waals surface area contributed by atoms with Gasteiger partial charge in [-0.25, -0.2) is 0 Å². The van der Waals surface area contributed by atoms with Crippen LogP contribution in [-0.4, -0.2) is 5.91 Å². The lowest BCUT2D eigenvalue weighted by Crippen LogP contribution is -2.07. The van der Waals surface area contributed by atoms with Gasteiger partial charge < -0.3 is 5.32 Å². The number of allylic oxidation sites excluding steroid dienone is 1. The van der Waals surface area contributed by atoms with E-state index in [1.165, 1.54) is 6.08 Å². The van der Waals surface area contributed by atoms with Crippen LogP contribution in [0.5, 0.6) is 0 Å². The number of halogens is 2. The van der Waals surface area contributed by atoms with Crippen molar-refractivity contribution < 1.29 is 4.79 Å². The van der Waals surface area contributed by atoms with Crippen molar-refractivity contribution in [1.82, 2.24) is 0 Å². The molecule has 15 heavy (non-hydrogen) atoms. The zero-order valence-corrected chi connectivity index (χ0v) is 9.99. The third-order valence-corrected chi connectivity index (χ3v) is 2.65. The first-order valence-corrected chi connectivity index (χ1v) is 5.19. The van der Waals surface area contributed by atoms with Gasteiger partial charge in [0.05, 0.1) is 0 Å². The molecule has 0 aliphatic heterocycles. The zero-order valence-electron chi connectivity index (χ0n) is 8.47. The number of carbonyl (C=O) groups is 1. The topological polar surface area (TPSA) is 29.1 Å². The van der Waals surface area contributed by atoms with Gasteiger partial charge in [-0.3, -0.25) is 4.79 Å². The quantitative estimate of drug-likeness (QED) is 0.787. The highest BCUT2D eigenvalue weighted by Crippen LogP contribution is 2.27. The Kier molecular flexibility index (Phi) is 4.18. The molecule has 0 saturated heterocycles. The summed E-state index contributed by atoms with van der Waals surface area (Å²) in [7, 11) is 0. The molecule has 4 heteroatoms. The van der Waals surface area contributed by atoms with Crippen LogP contribution in [0, 0.1) is 6.92 Å². The SMILES string of the molecule is C/C=C/C(=O)Nc1cc(Cl)c(C)c(Cl)c1. The van der Waals surface area contributed by atoms with E-state index in [4.69, 9.17) is 23.2 Å². The summed E-state index contributed by atoms with van der Waals surface area (Å²) in [6, 6.07) is 3.34. The van der Waals surface area contributed by atoms with E-state index in [-0.39, 0.29) is 5.91 Å². The molecular weight excluding hydrogens is 233 g/mol. The highest BCUT2D eigenvalue weighted by atomic mass is 35.5. The Labute approximate surface area is 98.9 Å². The fourth-order valence-corrected chi connectivity index (χ4v) is 1.54. The van der Waals surface area contributed by atoms with Gasteiger partial charge in [-0.15, -0.1) is 0 Å². The van der Waals surface area contributed by atoms with Gasteiger partial charge >= 0.3 is 0 Å². The summed E-state index contributed by atoms with van der Waals surface area (Å²) in [5.41, 5.74) is 1.40. The van der Waals surface area contributed by atoms with Crippen molar-refractivity contribution >= 4 is 34.8 Å². The summed E-state index contributed by atoms with van der Waals surface area (Å²) >= 11 is 11.9. The van der Waals surface area contributed by atoms with Crippen LogP contribution in [0.4, 0.5) is 5.69 Å². The Morgan fingerprint density at radius 2 is 1.87 bits per heavy atom. The molecule has 0 spiro atoms. The van der Waals surface area contributed by atoms with Crippen LogP contribution in [-0.2, 0) is 4.79 Å². The Bertz CT molecular complexity index is 390. The molecule has 0 saturated carbocycles. The van der Waals surface area contributed by atoms with Crippen LogP contribution in [0.3, 0.4) is 0 Å². The van der Waals surface area contributed by atoms with E-state index in [1.54, 1.807) is 25.1 Å². The van der Waals surface area contributed by atoms with Gasteiger partial charge in [0.2, 0.25) is 5.91 Å². The molecule has 2 nitrogen and oxygen atoms in total. The van der Waals surface area contributed by atoms with Crippen molar-refractivity contribution in [1.29, 1.82) is 0 Å². The average molecular weight is 244 g/mol. The lowest BCUT2D eigenvalue weighted by atomic mass is 10.2. The summed E-state index contributed by atoms with van der Waals surface area (Å²) in [6.45, 7) is 3.59. The molecule has 1 rings (SSSR count). The maximum Gasteiger partial charge on any atom is 0.248 e. The van der Waals surface area contributed by atoms with E-state index in [2.05, 4.69) is 5.32 Å². The van der Waals surface area contributed by atoms with Gasteiger partial charge in [-0.1, -0.05) is 29.3 Å². The van der Waals surface area contributed by atoms with Gasteiger partial charge in [0, 0.05) is 15.7 Å². The van der Waals surface area contributed by atoms with Crippen LogP contribution in [0.25, 0.3) is 0 Å². The van der Waals surface area contributed by atoms with Crippen LogP contribution in [0.15, 0.2) is 24.3 Å². The number of anilines is 1. The van der Waals surface area contributed by atoms with E-state index < -0.39 is 0 Å². The van der Waals surface area contributed by atoms with E-state index in [1.807, 2.05) is 6.92 Å². The minimum atomic E-state index is -0.200. The third kappa shape index (κ3) is 3.26. The van der Waals surface area contributed by atoms with Crippen molar-refractivity contribution in [3.05, 3.63) is 39.9 Å². The third-order valence-electron chi connectivity index (χ3n) is 1.87. The number of hydrogen-bond donors (Lipinski definition) is 1. The van der Waals surface area contributed by atoms with Crippen LogP contribution in [0.2, 0.25) is 10.0 Å². The molecule has 1 N–H and O–H groups in total. The maximum atomic E-state index is 11.2. The van der Waals surface area contributed by atoms with Crippen molar-refractivity contribution in [2.45, 2.75) is 13.8 Å². The molecule has 0 bridgehead atoms. The number of benzene rings is 1. The first-order valence-electron chi connectivity index (χ1n) is 4.44. The number of nitrogens with one attached hydrogen (secondary N) is 1. The van der Waals surface area contributed by atoms with Crippen LogP contribution >= 0.6 is 23.2 Å². The minimum Gasteiger partial charge on any atom is -0.322 e. The lowest BCUT2D eigenvalue weighted by Gasteiger charge is -2.06. The van der Waals surface area contributed by atoms with E-state index >= 15 is 0 Å². The summed E-state index contributed by atoms with van der Waals surface area (Å²) in [6.07, 6.45) is 3.09. The van der Waals surface area contributed by atoms with Gasteiger partial charge in [0.1, 0.15) is 0 Å². The number of amides is 1.